The van der Waals surface area contributed by atoms with Gasteiger partial charge in [0.05, 0.1) is 11.6 Å². The lowest BCUT2D eigenvalue weighted by Gasteiger charge is -2.02. The van der Waals surface area contributed by atoms with E-state index in [0.717, 1.165) is 0 Å². The molecule has 0 aliphatic carbocycles. The number of carbonyl (C=O) groups excluding carboxylic acids is 2. The van der Waals surface area contributed by atoms with E-state index in [0.29, 0.717) is 11.8 Å². The Hall–Kier alpha value is -1.55. The number of phenols is 1. The molecule has 1 amide bonds. The number of amides is 1. The van der Waals surface area contributed by atoms with Crippen molar-refractivity contribution in [2.24, 2.45) is 0 Å². The van der Waals surface area contributed by atoms with Gasteiger partial charge in [0.15, 0.2) is 0 Å². The maximum absolute atomic E-state index is 11.3. The van der Waals surface area contributed by atoms with Crippen LogP contribution in [0.3, 0.4) is 0 Å². The number of nitrogens with one attached hydrogen (secondary N) is 1. The fourth-order valence-corrected chi connectivity index (χ4v) is 1.07. The third-order valence-corrected chi connectivity index (χ3v) is 1.86. The van der Waals surface area contributed by atoms with Crippen molar-refractivity contribution in [2.75, 3.05) is 6.54 Å². The molecule has 1 rings (SSSR count). The first-order chi connectivity index (χ1) is 6.65. The summed E-state index contributed by atoms with van der Waals surface area (Å²) in [7, 11) is 0. The molecule has 4 nitrogen and oxygen atoms in total. The lowest BCUT2D eigenvalue weighted by molar-refractivity contribution is -0.107. The van der Waals surface area contributed by atoms with Gasteiger partial charge in [0.2, 0.25) is 0 Å². The smallest absolute Gasteiger partial charge is 0.251 e. The molecule has 0 aliphatic heterocycles. The fourth-order valence-electron chi connectivity index (χ4n) is 0.885. The minimum atomic E-state index is -0.404. The summed E-state index contributed by atoms with van der Waals surface area (Å²) in [6, 6.07) is 4.07. The summed E-state index contributed by atoms with van der Waals surface area (Å²) < 4.78 is 0. The van der Waals surface area contributed by atoms with E-state index in [-0.39, 0.29) is 17.3 Å². The highest BCUT2D eigenvalue weighted by Gasteiger charge is 2.06. The predicted octanol–water partition coefficient (Wildman–Crippen LogP) is 0.974. The Bertz CT molecular complexity index is 365. The van der Waals surface area contributed by atoms with Gasteiger partial charge in [0, 0.05) is 5.56 Å². The molecule has 0 aliphatic rings. The number of halogens is 1. The van der Waals surface area contributed by atoms with Crippen LogP contribution in [0.2, 0.25) is 5.02 Å². The van der Waals surface area contributed by atoms with Crippen molar-refractivity contribution in [2.45, 2.75) is 0 Å². The molecule has 0 atom stereocenters. The van der Waals surface area contributed by atoms with Gasteiger partial charge in [-0.05, 0) is 18.2 Å². The lowest BCUT2D eigenvalue weighted by Crippen LogP contribution is -2.24. The first kappa shape index (κ1) is 10.5. The number of hydrogen-bond acceptors (Lipinski definition) is 3. The Morgan fingerprint density at radius 2 is 2.29 bits per heavy atom. The fraction of sp³-hybridized carbons (Fsp3) is 0.111. The molecule has 0 saturated heterocycles. The van der Waals surface area contributed by atoms with E-state index in [9.17, 15) is 9.59 Å². The van der Waals surface area contributed by atoms with Gasteiger partial charge in [-0.15, -0.1) is 0 Å². The van der Waals surface area contributed by atoms with Crippen LogP contribution in [-0.2, 0) is 4.79 Å². The zero-order chi connectivity index (χ0) is 10.6. The van der Waals surface area contributed by atoms with Crippen molar-refractivity contribution >= 4 is 23.8 Å². The highest BCUT2D eigenvalue weighted by Crippen LogP contribution is 2.23. The van der Waals surface area contributed by atoms with E-state index in [2.05, 4.69) is 5.32 Å². The molecular weight excluding hydrogens is 206 g/mol. The summed E-state index contributed by atoms with van der Waals surface area (Å²) in [5.41, 5.74) is 0.301. The molecule has 0 heterocycles. The van der Waals surface area contributed by atoms with E-state index in [1.54, 1.807) is 0 Å². The highest BCUT2D eigenvalue weighted by atomic mass is 35.5. The monoisotopic (exact) mass is 213 g/mol. The summed E-state index contributed by atoms with van der Waals surface area (Å²) in [6.45, 7) is -0.0443. The molecule has 2 N–H and O–H groups in total. The first-order valence-corrected chi connectivity index (χ1v) is 4.23. The van der Waals surface area contributed by atoms with Crippen molar-refractivity contribution in [1.29, 1.82) is 0 Å². The van der Waals surface area contributed by atoms with Gasteiger partial charge in [0.25, 0.3) is 5.91 Å². The SMILES string of the molecule is O=CCNC(=O)c1ccc(O)c(Cl)c1. The molecule has 1 aromatic carbocycles. The zero-order valence-electron chi connectivity index (χ0n) is 7.16. The standard InChI is InChI=1S/C9H8ClNO3/c10-7-5-6(1-2-8(7)13)9(14)11-3-4-12/h1-2,4-5,13H,3H2,(H,11,14). The quantitative estimate of drug-likeness (QED) is 0.736. The molecular formula is C9H8ClNO3. The molecule has 74 valence electrons. The maximum atomic E-state index is 11.3. The van der Waals surface area contributed by atoms with Crippen LogP contribution in [0.15, 0.2) is 18.2 Å². The Morgan fingerprint density at radius 3 is 2.86 bits per heavy atom. The van der Waals surface area contributed by atoms with E-state index < -0.39 is 5.91 Å². The lowest BCUT2D eigenvalue weighted by atomic mass is 10.2. The van der Waals surface area contributed by atoms with Crippen LogP contribution in [0.4, 0.5) is 0 Å². The number of benzene rings is 1. The molecule has 1 aromatic rings. The van der Waals surface area contributed by atoms with Crippen molar-refractivity contribution < 1.29 is 14.7 Å². The second kappa shape index (κ2) is 4.62. The van der Waals surface area contributed by atoms with Crippen LogP contribution < -0.4 is 5.32 Å². The number of rotatable bonds is 3. The predicted molar refractivity (Wildman–Crippen MR) is 51.5 cm³/mol. The summed E-state index contributed by atoms with van der Waals surface area (Å²) in [6.07, 6.45) is 0.583. The van der Waals surface area contributed by atoms with Gasteiger partial charge in [-0.1, -0.05) is 11.6 Å². The summed E-state index contributed by atoms with van der Waals surface area (Å²) >= 11 is 5.59. The molecule has 0 unspecified atom stereocenters. The van der Waals surface area contributed by atoms with Gasteiger partial charge in [-0.25, -0.2) is 0 Å². The average molecular weight is 214 g/mol. The number of phenolic OH excluding ortho intramolecular Hbond substituents is 1. The average Bonchev–Trinajstić information content (AvgIpc) is 2.18. The van der Waals surface area contributed by atoms with Crippen LogP contribution >= 0.6 is 11.6 Å². The van der Waals surface area contributed by atoms with E-state index in [1.165, 1.54) is 18.2 Å². The number of hydrogen-bond donors (Lipinski definition) is 2. The Labute approximate surface area is 85.5 Å². The van der Waals surface area contributed by atoms with Crippen molar-refractivity contribution in [3.8, 4) is 5.75 Å². The van der Waals surface area contributed by atoms with E-state index >= 15 is 0 Å². The molecule has 0 spiro atoms. The highest BCUT2D eigenvalue weighted by molar-refractivity contribution is 6.32. The molecule has 5 heteroatoms. The third kappa shape index (κ3) is 2.47. The number of aromatic hydroxyl groups is 1. The topological polar surface area (TPSA) is 66.4 Å². The minimum Gasteiger partial charge on any atom is -0.506 e. The largest absolute Gasteiger partial charge is 0.506 e. The molecule has 0 aromatic heterocycles. The Balaban J connectivity index is 2.80. The second-order valence-electron chi connectivity index (χ2n) is 2.54. The molecule has 14 heavy (non-hydrogen) atoms. The molecule has 0 saturated carbocycles. The Morgan fingerprint density at radius 1 is 1.57 bits per heavy atom. The van der Waals surface area contributed by atoms with Gasteiger partial charge in [0.1, 0.15) is 12.0 Å². The van der Waals surface area contributed by atoms with Gasteiger partial charge in [-0.2, -0.15) is 0 Å². The van der Waals surface area contributed by atoms with Crippen LogP contribution in [-0.4, -0.2) is 23.8 Å². The second-order valence-corrected chi connectivity index (χ2v) is 2.95. The number of aldehydes is 1. The van der Waals surface area contributed by atoms with Crippen LogP contribution in [0.25, 0.3) is 0 Å². The minimum absolute atomic E-state index is 0.0443. The van der Waals surface area contributed by atoms with Crippen molar-refractivity contribution in [3.63, 3.8) is 0 Å². The maximum Gasteiger partial charge on any atom is 0.251 e. The van der Waals surface area contributed by atoms with Gasteiger partial charge < -0.3 is 15.2 Å². The molecule has 0 fully saturated rings. The first-order valence-electron chi connectivity index (χ1n) is 3.85. The van der Waals surface area contributed by atoms with Crippen molar-refractivity contribution in [3.05, 3.63) is 28.8 Å². The summed E-state index contributed by atoms with van der Waals surface area (Å²) in [5.74, 6) is -0.488. The van der Waals surface area contributed by atoms with Gasteiger partial charge in [-0.3, -0.25) is 4.79 Å². The molecule has 0 bridgehead atoms. The third-order valence-electron chi connectivity index (χ3n) is 1.56. The summed E-state index contributed by atoms with van der Waals surface area (Å²) in [4.78, 5) is 21.2. The van der Waals surface area contributed by atoms with Gasteiger partial charge >= 0.3 is 0 Å². The van der Waals surface area contributed by atoms with Crippen LogP contribution in [0, 0.1) is 0 Å². The van der Waals surface area contributed by atoms with E-state index in [4.69, 9.17) is 16.7 Å². The number of carbonyl (C=O) groups is 2. The van der Waals surface area contributed by atoms with Crippen molar-refractivity contribution in [1.82, 2.24) is 5.32 Å². The normalized spacial score (nSPS) is 9.50. The van der Waals surface area contributed by atoms with Crippen LogP contribution in [0.5, 0.6) is 5.75 Å². The summed E-state index contributed by atoms with van der Waals surface area (Å²) in [5, 5.41) is 11.5. The van der Waals surface area contributed by atoms with Crippen LogP contribution in [0.1, 0.15) is 10.4 Å². The van der Waals surface area contributed by atoms with E-state index in [1.807, 2.05) is 0 Å². The molecule has 0 radical (unpaired) electrons. The zero-order valence-corrected chi connectivity index (χ0v) is 7.91. The Kier molecular flexibility index (Phi) is 3.48.